The van der Waals surface area contributed by atoms with Crippen LogP contribution in [0.5, 0.6) is 0 Å². The molecule has 2 rings (SSSR count). The second kappa shape index (κ2) is 5.00. The third-order valence-corrected chi connectivity index (χ3v) is 3.78. The van der Waals surface area contributed by atoms with E-state index in [1.165, 1.54) is 0 Å². The van der Waals surface area contributed by atoms with Crippen LogP contribution in [0.4, 0.5) is 0 Å². The van der Waals surface area contributed by atoms with E-state index in [4.69, 9.17) is 11.6 Å². The van der Waals surface area contributed by atoms with Crippen LogP contribution in [0.1, 0.15) is 38.4 Å². The van der Waals surface area contributed by atoms with Crippen molar-refractivity contribution in [3.05, 3.63) is 32.7 Å². The first-order chi connectivity index (χ1) is 8.80. The highest BCUT2D eigenvalue weighted by molar-refractivity contribution is 6.30. The van der Waals surface area contributed by atoms with E-state index in [1.807, 2.05) is 25.3 Å². The fourth-order valence-electron chi connectivity index (χ4n) is 2.17. The Hall–Kier alpha value is -1.29. The van der Waals surface area contributed by atoms with E-state index in [1.54, 1.807) is 6.07 Å². The molecule has 0 spiro atoms. The minimum absolute atomic E-state index is 0.0894. The Bertz CT molecular complexity index is 570. The van der Waals surface area contributed by atoms with Crippen LogP contribution in [0.3, 0.4) is 0 Å². The van der Waals surface area contributed by atoms with Crippen molar-refractivity contribution >= 4 is 17.5 Å². The molecule has 104 valence electrons. The number of nitrogens with zero attached hydrogens (tertiary/aromatic N) is 1. The number of carbonyl (C=O) groups is 1. The molecule has 1 aromatic heterocycles. The predicted molar refractivity (Wildman–Crippen MR) is 75.3 cm³/mol. The van der Waals surface area contributed by atoms with Crippen molar-refractivity contribution in [1.82, 2.24) is 9.88 Å². The molecular weight excluding hydrogens is 264 g/mol. The number of pyridine rings is 1. The van der Waals surface area contributed by atoms with E-state index in [0.717, 1.165) is 25.1 Å². The van der Waals surface area contributed by atoms with E-state index in [0.29, 0.717) is 10.7 Å². The Morgan fingerprint density at radius 1 is 1.47 bits per heavy atom. The molecule has 0 aliphatic carbocycles. The van der Waals surface area contributed by atoms with Crippen molar-refractivity contribution in [3.63, 3.8) is 0 Å². The molecule has 19 heavy (non-hydrogen) atoms. The molecule has 0 unspecified atom stereocenters. The fourth-order valence-corrected chi connectivity index (χ4v) is 2.52. The van der Waals surface area contributed by atoms with E-state index in [2.05, 4.69) is 5.32 Å². The summed E-state index contributed by atoms with van der Waals surface area (Å²) < 4.78 is 1.96. The van der Waals surface area contributed by atoms with Crippen molar-refractivity contribution in [2.75, 3.05) is 0 Å². The third-order valence-electron chi connectivity index (χ3n) is 3.35. The molecular formula is C14H19ClN2O2. The second-order valence-corrected chi connectivity index (χ2v) is 6.32. The summed E-state index contributed by atoms with van der Waals surface area (Å²) in [5.74, 6) is -0.0894. The van der Waals surface area contributed by atoms with Gasteiger partial charge in [-0.05, 0) is 12.8 Å². The van der Waals surface area contributed by atoms with Gasteiger partial charge in [0.2, 0.25) is 5.91 Å². The molecule has 0 aromatic carbocycles. The van der Waals surface area contributed by atoms with Crippen LogP contribution in [-0.2, 0) is 24.3 Å². The lowest BCUT2D eigenvalue weighted by Crippen LogP contribution is -2.35. The zero-order valence-electron chi connectivity index (χ0n) is 11.5. The van der Waals surface area contributed by atoms with Gasteiger partial charge >= 0.3 is 0 Å². The molecule has 1 aromatic rings. The zero-order valence-corrected chi connectivity index (χ0v) is 12.3. The Morgan fingerprint density at radius 2 is 2.16 bits per heavy atom. The number of rotatable bonds is 2. The van der Waals surface area contributed by atoms with Gasteiger partial charge in [-0.3, -0.25) is 9.59 Å². The molecule has 0 saturated heterocycles. The summed E-state index contributed by atoms with van der Waals surface area (Å²) in [6.45, 7) is 6.53. The van der Waals surface area contributed by atoms with Gasteiger partial charge in [-0.1, -0.05) is 32.4 Å². The lowest BCUT2D eigenvalue weighted by Gasteiger charge is -2.18. The fraction of sp³-hybridized carbons (Fsp3) is 0.571. The topological polar surface area (TPSA) is 51.1 Å². The number of halogens is 1. The van der Waals surface area contributed by atoms with Gasteiger partial charge in [0, 0.05) is 30.3 Å². The predicted octanol–water partition coefficient (Wildman–Crippen LogP) is 2.11. The first kappa shape index (κ1) is 14.1. The van der Waals surface area contributed by atoms with Gasteiger partial charge in [-0.25, -0.2) is 0 Å². The van der Waals surface area contributed by atoms with Crippen molar-refractivity contribution in [2.24, 2.45) is 5.41 Å². The quantitative estimate of drug-likeness (QED) is 0.845. The van der Waals surface area contributed by atoms with Gasteiger partial charge < -0.3 is 9.88 Å². The largest absolute Gasteiger partial charge is 0.351 e. The molecule has 5 heteroatoms. The minimum atomic E-state index is -0.473. The lowest BCUT2D eigenvalue weighted by molar-refractivity contribution is -0.128. The molecule has 0 fully saturated rings. The van der Waals surface area contributed by atoms with E-state index < -0.39 is 5.41 Å². The molecule has 1 aliphatic rings. The van der Waals surface area contributed by atoms with Crippen LogP contribution >= 0.6 is 11.6 Å². The standard InChI is InChI=1S/C14H19ClN2O2/c1-14(2,3)13(19)16-8-10-11(18)7-9-5-4-6-17(9)12(10)15/h7H,4-6,8H2,1-3H3,(H,16,19). The van der Waals surface area contributed by atoms with Gasteiger partial charge in [0.05, 0.1) is 5.56 Å². The zero-order chi connectivity index (χ0) is 14.2. The Kier molecular flexibility index (Phi) is 3.72. The summed E-state index contributed by atoms with van der Waals surface area (Å²) in [5.41, 5.74) is 0.900. The maximum absolute atomic E-state index is 12.0. The summed E-state index contributed by atoms with van der Waals surface area (Å²) in [7, 11) is 0. The molecule has 4 nitrogen and oxygen atoms in total. The van der Waals surface area contributed by atoms with Crippen molar-refractivity contribution in [1.29, 1.82) is 0 Å². The minimum Gasteiger partial charge on any atom is -0.351 e. The van der Waals surface area contributed by atoms with E-state index in [9.17, 15) is 9.59 Å². The SMILES string of the molecule is CC(C)(C)C(=O)NCc1c(Cl)n2c(cc1=O)CCC2. The molecule has 0 saturated carbocycles. The Labute approximate surface area is 117 Å². The summed E-state index contributed by atoms with van der Waals surface area (Å²) >= 11 is 6.27. The lowest BCUT2D eigenvalue weighted by atomic mass is 9.95. The maximum Gasteiger partial charge on any atom is 0.225 e. The number of hydrogen-bond donors (Lipinski definition) is 1. The molecule has 2 heterocycles. The van der Waals surface area contributed by atoms with Gasteiger partial charge in [0.15, 0.2) is 5.43 Å². The van der Waals surface area contributed by atoms with Crippen LogP contribution in [0, 0.1) is 5.41 Å². The number of amides is 1. The molecule has 0 atom stereocenters. The van der Waals surface area contributed by atoms with Crippen molar-refractivity contribution in [3.8, 4) is 0 Å². The average molecular weight is 283 g/mol. The number of carbonyl (C=O) groups excluding carboxylic acids is 1. The molecule has 1 aliphatic heterocycles. The summed E-state index contributed by atoms with van der Waals surface area (Å²) in [4.78, 5) is 23.8. The number of nitrogens with one attached hydrogen (secondary N) is 1. The summed E-state index contributed by atoms with van der Waals surface area (Å²) in [5, 5.41) is 3.24. The van der Waals surface area contributed by atoms with Gasteiger partial charge in [-0.2, -0.15) is 0 Å². The smallest absolute Gasteiger partial charge is 0.225 e. The highest BCUT2D eigenvalue weighted by atomic mass is 35.5. The number of aryl methyl sites for hydroxylation is 1. The number of aromatic nitrogens is 1. The van der Waals surface area contributed by atoms with Crippen LogP contribution in [0.25, 0.3) is 0 Å². The summed E-state index contributed by atoms with van der Waals surface area (Å²) in [6, 6.07) is 1.64. The summed E-state index contributed by atoms with van der Waals surface area (Å²) in [6.07, 6.45) is 1.90. The highest BCUT2D eigenvalue weighted by Gasteiger charge is 2.23. The molecule has 0 radical (unpaired) electrons. The first-order valence-corrected chi connectivity index (χ1v) is 6.88. The van der Waals surface area contributed by atoms with E-state index in [-0.39, 0.29) is 17.9 Å². The Balaban J connectivity index is 2.23. The van der Waals surface area contributed by atoms with Crippen LogP contribution in [-0.4, -0.2) is 10.5 Å². The first-order valence-electron chi connectivity index (χ1n) is 6.50. The number of fused-ring (bicyclic) bond motifs is 1. The van der Waals surface area contributed by atoms with Crippen LogP contribution in [0.15, 0.2) is 10.9 Å². The average Bonchev–Trinajstić information content (AvgIpc) is 2.75. The van der Waals surface area contributed by atoms with Crippen molar-refractivity contribution < 1.29 is 4.79 Å². The Morgan fingerprint density at radius 3 is 2.79 bits per heavy atom. The third kappa shape index (κ3) is 2.84. The van der Waals surface area contributed by atoms with Gasteiger partial charge in [0.1, 0.15) is 5.15 Å². The number of hydrogen-bond acceptors (Lipinski definition) is 2. The van der Waals surface area contributed by atoms with Gasteiger partial charge in [0.25, 0.3) is 0 Å². The highest BCUT2D eigenvalue weighted by Crippen LogP contribution is 2.22. The molecule has 0 bridgehead atoms. The normalized spacial score (nSPS) is 14.3. The monoisotopic (exact) mass is 282 g/mol. The maximum atomic E-state index is 12.0. The van der Waals surface area contributed by atoms with Crippen LogP contribution in [0.2, 0.25) is 5.15 Å². The molecule has 1 N–H and O–H groups in total. The second-order valence-electron chi connectivity index (χ2n) is 5.96. The van der Waals surface area contributed by atoms with Crippen molar-refractivity contribution in [2.45, 2.75) is 46.7 Å². The van der Waals surface area contributed by atoms with Gasteiger partial charge in [-0.15, -0.1) is 0 Å². The van der Waals surface area contributed by atoms with E-state index >= 15 is 0 Å². The van der Waals surface area contributed by atoms with Crippen LogP contribution < -0.4 is 10.7 Å². The molecule has 1 amide bonds.